The van der Waals surface area contributed by atoms with Gasteiger partial charge in [-0.25, -0.2) is 0 Å². The first-order chi connectivity index (χ1) is 9.46. The van der Waals surface area contributed by atoms with E-state index in [0.29, 0.717) is 24.4 Å². The van der Waals surface area contributed by atoms with Gasteiger partial charge in [0.2, 0.25) is 5.91 Å². The minimum atomic E-state index is -0.729. The smallest absolute Gasteiger partial charge is 0.233 e. The van der Waals surface area contributed by atoms with Crippen molar-refractivity contribution < 1.29 is 4.79 Å². The summed E-state index contributed by atoms with van der Waals surface area (Å²) < 4.78 is 1.71. The maximum absolute atomic E-state index is 12.6. The number of amides is 1. The molecule has 0 fully saturated rings. The fourth-order valence-corrected chi connectivity index (χ4v) is 2.76. The molecule has 0 radical (unpaired) electrons. The van der Waals surface area contributed by atoms with Gasteiger partial charge in [-0.05, 0) is 18.9 Å². The molecule has 20 heavy (non-hydrogen) atoms. The van der Waals surface area contributed by atoms with Crippen LogP contribution >= 0.6 is 12.2 Å². The Bertz CT molecular complexity index is 463. The number of aryl methyl sites for hydroxylation is 1. The number of nitrogens with one attached hydrogen (secondary N) is 1. The van der Waals surface area contributed by atoms with Crippen molar-refractivity contribution in [2.24, 2.45) is 18.2 Å². The van der Waals surface area contributed by atoms with Crippen molar-refractivity contribution in [2.45, 2.75) is 46.1 Å². The van der Waals surface area contributed by atoms with Crippen molar-refractivity contribution in [1.82, 2.24) is 15.1 Å². The summed E-state index contributed by atoms with van der Waals surface area (Å²) in [5.74, 6) is -0.0839. The fourth-order valence-electron chi connectivity index (χ4n) is 2.46. The van der Waals surface area contributed by atoms with Gasteiger partial charge in [-0.15, -0.1) is 0 Å². The molecule has 1 aromatic rings. The quantitative estimate of drug-likeness (QED) is 0.719. The van der Waals surface area contributed by atoms with Crippen LogP contribution in [0.25, 0.3) is 0 Å². The molecule has 0 aromatic carbocycles. The number of carbonyl (C=O) groups excluding carboxylic acids is 1. The van der Waals surface area contributed by atoms with Gasteiger partial charge in [0.05, 0.1) is 22.6 Å². The van der Waals surface area contributed by atoms with E-state index in [4.69, 9.17) is 18.0 Å². The summed E-state index contributed by atoms with van der Waals surface area (Å²) in [6, 6.07) is 1.88. The molecular weight excluding hydrogens is 272 g/mol. The Morgan fingerprint density at radius 3 is 2.45 bits per heavy atom. The molecule has 1 amide bonds. The highest BCUT2D eigenvalue weighted by molar-refractivity contribution is 7.80. The van der Waals surface area contributed by atoms with Crippen LogP contribution in [0.4, 0.5) is 0 Å². The highest BCUT2D eigenvalue weighted by Gasteiger charge is 2.39. The zero-order valence-electron chi connectivity index (χ0n) is 12.5. The number of nitrogens with zero attached hydrogens (tertiary/aromatic N) is 2. The van der Waals surface area contributed by atoms with E-state index in [1.54, 1.807) is 4.68 Å². The average Bonchev–Trinajstić information content (AvgIpc) is 2.81. The largest absolute Gasteiger partial charge is 0.392 e. The topological polar surface area (TPSA) is 72.9 Å². The number of nitrogens with two attached hydrogens (primary N) is 1. The predicted octanol–water partition coefficient (Wildman–Crippen LogP) is 1.91. The Morgan fingerprint density at radius 2 is 2.05 bits per heavy atom. The van der Waals surface area contributed by atoms with E-state index in [1.165, 1.54) is 0 Å². The van der Waals surface area contributed by atoms with E-state index < -0.39 is 5.41 Å². The number of aromatic nitrogens is 2. The van der Waals surface area contributed by atoms with Crippen LogP contribution < -0.4 is 11.1 Å². The van der Waals surface area contributed by atoms with Crippen LogP contribution in [0, 0.1) is 5.41 Å². The average molecular weight is 296 g/mol. The predicted molar refractivity (Wildman–Crippen MR) is 84.1 cm³/mol. The van der Waals surface area contributed by atoms with Crippen LogP contribution in [0.1, 0.15) is 45.2 Å². The molecule has 0 bridgehead atoms. The Kier molecular flexibility index (Phi) is 6.13. The second-order valence-electron chi connectivity index (χ2n) is 5.11. The van der Waals surface area contributed by atoms with Gasteiger partial charge in [0.1, 0.15) is 0 Å². The molecule has 5 nitrogen and oxygen atoms in total. The molecule has 0 saturated carbocycles. The zero-order chi connectivity index (χ0) is 15.2. The third-order valence-corrected chi connectivity index (χ3v) is 3.85. The fraction of sp³-hybridized carbons (Fsp3) is 0.643. The number of hydrogen-bond acceptors (Lipinski definition) is 3. The summed E-state index contributed by atoms with van der Waals surface area (Å²) in [5.41, 5.74) is 5.96. The van der Waals surface area contributed by atoms with Gasteiger partial charge >= 0.3 is 0 Å². The third-order valence-electron chi connectivity index (χ3n) is 3.46. The van der Waals surface area contributed by atoms with E-state index in [9.17, 15) is 4.79 Å². The summed E-state index contributed by atoms with van der Waals surface area (Å²) in [7, 11) is 1.85. The summed E-state index contributed by atoms with van der Waals surface area (Å²) >= 11 is 5.17. The number of thiocarbonyl (C=S) groups is 1. The Balaban J connectivity index is 2.79. The van der Waals surface area contributed by atoms with Crippen LogP contribution in [0.5, 0.6) is 0 Å². The van der Waals surface area contributed by atoms with Crippen LogP contribution in [0.2, 0.25) is 0 Å². The molecule has 6 heteroatoms. The highest BCUT2D eigenvalue weighted by Crippen LogP contribution is 2.31. The molecule has 0 aliphatic rings. The lowest BCUT2D eigenvalue weighted by Gasteiger charge is -2.30. The Labute approximate surface area is 125 Å². The van der Waals surface area contributed by atoms with Crippen LogP contribution in [-0.4, -0.2) is 20.7 Å². The molecule has 1 aromatic heterocycles. The van der Waals surface area contributed by atoms with Crippen molar-refractivity contribution in [3.05, 3.63) is 18.0 Å². The lowest BCUT2D eigenvalue weighted by Crippen LogP contribution is -2.48. The molecule has 0 atom stereocenters. The number of hydrogen-bond donors (Lipinski definition) is 2. The first kappa shape index (κ1) is 16.6. The van der Waals surface area contributed by atoms with E-state index in [0.717, 1.165) is 18.5 Å². The molecule has 0 aliphatic carbocycles. The normalized spacial score (nSPS) is 11.3. The van der Waals surface area contributed by atoms with Crippen LogP contribution in [0.3, 0.4) is 0 Å². The van der Waals surface area contributed by atoms with E-state index in [1.807, 2.05) is 33.2 Å². The first-order valence-corrected chi connectivity index (χ1v) is 7.43. The molecule has 1 rings (SSSR count). The summed E-state index contributed by atoms with van der Waals surface area (Å²) in [6.45, 7) is 4.47. The van der Waals surface area contributed by atoms with Gasteiger partial charge < -0.3 is 11.1 Å². The SMILES string of the molecule is CCCC(CCC)(C(=O)NCc1ccn(C)n1)C(N)=S. The third kappa shape index (κ3) is 3.79. The Hall–Kier alpha value is -1.43. The number of rotatable bonds is 8. The van der Waals surface area contributed by atoms with Crippen molar-refractivity contribution >= 4 is 23.1 Å². The van der Waals surface area contributed by atoms with Crippen molar-refractivity contribution in [3.63, 3.8) is 0 Å². The van der Waals surface area contributed by atoms with E-state index >= 15 is 0 Å². The van der Waals surface area contributed by atoms with Gasteiger partial charge in [0.15, 0.2) is 0 Å². The lowest BCUT2D eigenvalue weighted by atomic mass is 9.78. The molecular formula is C14H24N4OS. The maximum Gasteiger partial charge on any atom is 0.233 e. The first-order valence-electron chi connectivity index (χ1n) is 7.03. The van der Waals surface area contributed by atoms with Gasteiger partial charge in [-0.3, -0.25) is 9.48 Å². The second-order valence-corrected chi connectivity index (χ2v) is 5.55. The molecule has 0 unspecified atom stereocenters. The zero-order valence-corrected chi connectivity index (χ0v) is 13.3. The van der Waals surface area contributed by atoms with Gasteiger partial charge in [-0.1, -0.05) is 38.9 Å². The molecule has 3 N–H and O–H groups in total. The van der Waals surface area contributed by atoms with Gasteiger partial charge in [-0.2, -0.15) is 5.10 Å². The van der Waals surface area contributed by atoms with Crippen molar-refractivity contribution in [1.29, 1.82) is 0 Å². The van der Waals surface area contributed by atoms with Gasteiger partial charge in [0.25, 0.3) is 0 Å². The monoisotopic (exact) mass is 296 g/mol. The van der Waals surface area contributed by atoms with Crippen molar-refractivity contribution in [3.8, 4) is 0 Å². The van der Waals surface area contributed by atoms with E-state index in [-0.39, 0.29) is 5.91 Å². The van der Waals surface area contributed by atoms with Crippen molar-refractivity contribution in [2.75, 3.05) is 0 Å². The molecule has 0 spiro atoms. The minimum Gasteiger partial charge on any atom is -0.392 e. The standard InChI is InChI=1S/C14H24N4OS/c1-4-7-14(8-5-2,12(15)20)13(19)16-10-11-6-9-18(3)17-11/h6,9H,4-5,7-8,10H2,1-3H3,(H2,15,20)(H,16,19). The summed E-state index contributed by atoms with van der Waals surface area (Å²) in [4.78, 5) is 12.8. The molecule has 0 saturated heterocycles. The van der Waals surface area contributed by atoms with Crippen LogP contribution in [-0.2, 0) is 18.4 Å². The summed E-state index contributed by atoms with van der Waals surface area (Å²) in [6.07, 6.45) is 4.96. The lowest BCUT2D eigenvalue weighted by molar-refractivity contribution is -0.128. The number of carbonyl (C=O) groups is 1. The Morgan fingerprint density at radius 1 is 1.45 bits per heavy atom. The van der Waals surface area contributed by atoms with Gasteiger partial charge in [0, 0.05) is 13.2 Å². The van der Waals surface area contributed by atoms with Crippen LogP contribution in [0.15, 0.2) is 12.3 Å². The van der Waals surface area contributed by atoms with E-state index in [2.05, 4.69) is 10.4 Å². The maximum atomic E-state index is 12.6. The minimum absolute atomic E-state index is 0.0839. The second kappa shape index (κ2) is 7.38. The summed E-state index contributed by atoms with van der Waals surface area (Å²) in [5, 5.41) is 7.16. The highest BCUT2D eigenvalue weighted by atomic mass is 32.1. The molecule has 1 heterocycles. The molecule has 0 aliphatic heterocycles. The molecule has 112 valence electrons.